The van der Waals surface area contributed by atoms with Gasteiger partial charge in [0.15, 0.2) is 28.0 Å². The van der Waals surface area contributed by atoms with Gasteiger partial charge in [0.05, 0.1) is 37.6 Å². The van der Waals surface area contributed by atoms with Crippen LogP contribution in [-0.2, 0) is 9.53 Å². The predicted molar refractivity (Wildman–Crippen MR) is 157 cm³/mol. The lowest BCUT2D eigenvalue weighted by atomic mass is 9.95. The molecule has 2 aromatic heterocycles. The normalized spacial score (nSPS) is 15.0. The molecule has 1 amide bonds. The number of aromatic nitrogens is 1. The van der Waals surface area contributed by atoms with Crippen LogP contribution >= 0.6 is 11.3 Å². The second-order valence-electron chi connectivity index (χ2n) is 9.56. The number of esters is 1. The summed E-state index contributed by atoms with van der Waals surface area (Å²) in [5.74, 6) is -1.91. The number of ether oxygens (including phenoxy) is 3. The van der Waals surface area contributed by atoms with Crippen LogP contribution in [0.2, 0.25) is 0 Å². The first-order valence-electron chi connectivity index (χ1n) is 13.5. The van der Waals surface area contributed by atoms with Crippen LogP contribution in [0.25, 0.3) is 11.0 Å². The first-order valence-corrected chi connectivity index (χ1v) is 14.4. The van der Waals surface area contributed by atoms with Gasteiger partial charge in [-0.1, -0.05) is 48.9 Å². The molecule has 0 fully saturated rings. The molecule has 1 aliphatic rings. The zero-order chi connectivity index (χ0) is 30.0. The number of unbranched alkanes of at least 4 members (excludes halogenated alkanes) is 1. The lowest BCUT2D eigenvalue weighted by Crippen LogP contribution is -2.31. The van der Waals surface area contributed by atoms with Gasteiger partial charge in [-0.2, -0.15) is 0 Å². The summed E-state index contributed by atoms with van der Waals surface area (Å²) in [6, 6.07) is 12.7. The molecule has 1 N–H and O–H groups in total. The van der Waals surface area contributed by atoms with Gasteiger partial charge >= 0.3 is 5.97 Å². The van der Waals surface area contributed by atoms with E-state index in [4.69, 9.17) is 18.6 Å². The predicted octanol–water partition coefficient (Wildman–Crippen LogP) is 6.34. The number of thiazole rings is 1. The van der Waals surface area contributed by atoms with Gasteiger partial charge in [0.2, 0.25) is 5.78 Å². The maximum Gasteiger partial charge on any atom is 0.350 e. The second kappa shape index (κ2) is 12.1. The molecule has 5 rings (SSSR count). The first kappa shape index (κ1) is 28.9. The van der Waals surface area contributed by atoms with E-state index in [1.54, 1.807) is 62.4 Å². The Balaban J connectivity index is 1.62. The summed E-state index contributed by atoms with van der Waals surface area (Å²) < 4.78 is 22.3. The SMILES string of the molecule is CCCCOc1cccc(C2C(C(=O)c3cc4cccc(OC)c4o3)=C(O)C(=O)N2c2nc(C)c(C(=O)OCC)s2)c1. The average Bonchev–Trinajstić information content (AvgIpc) is 3.67. The Hall–Kier alpha value is -4.64. The van der Waals surface area contributed by atoms with Crippen LogP contribution in [0.3, 0.4) is 0 Å². The van der Waals surface area contributed by atoms with E-state index in [0.29, 0.717) is 40.3 Å². The molecule has 42 heavy (non-hydrogen) atoms. The van der Waals surface area contributed by atoms with Crippen molar-refractivity contribution < 1.29 is 38.1 Å². The summed E-state index contributed by atoms with van der Waals surface area (Å²) in [5.41, 5.74) is 1.04. The summed E-state index contributed by atoms with van der Waals surface area (Å²) >= 11 is 0.948. The summed E-state index contributed by atoms with van der Waals surface area (Å²) in [7, 11) is 1.49. The molecule has 1 aliphatic heterocycles. The van der Waals surface area contributed by atoms with E-state index in [1.807, 2.05) is 0 Å². The number of ketones is 1. The number of carbonyl (C=O) groups excluding carboxylic acids is 3. The number of amides is 1. The summed E-state index contributed by atoms with van der Waals surface area (Å²) in [4.78, 5) is 46.1. The minimum absolute atomic E-state index is 0.0754. The van der Waals surface area contributed by atoms with Gasteiger partial charge in [-0.05, 0) is 50.1 Å². The number of methoxy groups -OCH3 is 1. The lowest BCUT2D eigenvalue weighted by Gasteiger charge is -2.24. The number of rotatable bonds is 11. The molecule has 1 unspecified atom stereocenters. The van der Waals surface area contributed by atoms with Crippen molar-refractivity contribution in [1.29, 1.82) is 0 Å². The van der Waals surface area contributed by atoms with E-state index in [9.17, 15) is 19.5 Å². The highest BCUT2D eigenvalue weighted by molar-refractivity contribution is 7.17. The van der Waals surface area contributed by atoms with E-state index >= 15 is 0 Å². The molecule has 0 aliphatic carbocycles. The van der Waals surface area contributed by atoms with E-state index in [0.717, 1.165) is 24.2 Å². The van der Waals surface area contributed by atoms with E-state index in [-0.39, 0.29) is 27.9 Å². The van der Waals surface area contributed by atoms with Crippen LogP contribution in [0.4, 0.5) is 5.13 Å². The number of carbonyl (C=O) groups is 3. The monoisotopic (exact) mass is 590 g/mol. The summed E-state index contributed by atoms with van der Waals surface area (Å²) in [6.45, 7) is 6.05. The van der Waals surface area contributed by atoms with Gasteiger partial charge in [0, 0.05) is 5.39 Å². The molecule has 218 valence electrons. The zero-order valence-corrected chi connectivity index (χ0v) is 24.4. The molecule has 0 saturated heterocycles. The highest BCUT2D eigenvalue weighted by atomic mass is 32.1. The van der Waals surface area contributed by atoms with E-state index in [2.05, 4.69) is 11.9 Å². The minimum atomic E-state index is -1.09. The summed E-state index contributed by atoms with van der Waals surface area (Å²) in [5, 5.41) is 11.9. The van der Waals surface area contributed by atoms with Gasteiger partial charge in [-0.25, -0.2) is 9.78 Å². The Labute approximate surface area is 246 Å². The van der Waals surface area contributed by atoms with Crippen molar-refractivity contribution in [1.82, 2.24) is 4.98 Å². The number of nitrogens with zero attached hydrogens (tertiary/aromatic N) is 2. The van der Waals surface area contributed by atoms with Crippen molar-refractivity contribution in [2.75, 3.05) is 25.2 Å². The Kier molecular flexibility index (Phi) is 8.30. The number of furan rings is 1. The van der Waals surface area contributed by atoms with Crippen LogP contribution in [0.1, 0.15) is 64.2 Å². The Morgan fingerprint density at radius 2 is 1.93 bits per heavy atom. The molecule has 0 saturated carbocycles. The summed E-state index contributed by atoms with van der Waals surface area (Å²) in [6.07, 6.45) is 1.81. The van der Waals surface area contributed by atoms with Crippen LogP contribution in [0, 0.1) is 6.92 Å². The van der Waals surface area contributed by atoms with Crippen molar-refractivity contribution >= 4 is 45.1 Å². The van der Waals surface area contributed by atoms with Gasteiger partial charge in [-0.3, -0.25) is 14.5 Å². The number of aryl methyl sites for hydroxylation is 1. The third-order valence-corrected chi connectivity index (χ3v) is 7.93. The molecule has 11 heteroatoms. The maximum absolute atomic E-state index is 14.0. The molecule has 0 radical (unpaired) electrons. The van der Waals surface area contributed by atoms with Crippen LogP contribution in [0.5, 0.6) is 11.5 Å². The highest BCUT2D eigenvalue weighted by Gasteiger charge is 2.47. The molecule has 4 aromatic rings. The van der Waals surface area contributed by atoms with Gasteiger partial charge < -0.3 is 23.7 Å². The number of hydrogen-bond donors (Lipinski definition) is 1. The third kappa shape index (κ3) is 5.23. The molecule has 3 heterocycles. The van der Waals surface area contributed by atoms with Crippen molar-refractivity contribution in [3.63, 3.8) is 0 Å². The Morgan fingerprint density at radius 3 is 2.67 bits per heavy atom. The fraction of sp³-hybridized carbons (Fsp3) is 0.290. The third-order valence-electron chi connectivity index (χ3n) is 6.80. The van der Waals surface area contributed by atoms with Gasteiger partial charge in [0.1, 0.15) is 10.6 Å². The van der Waals surface area contributed by atoms with Gasteiger partial charge in [0.25, 0.3) is 5.91 Å². The number of hydrogen-bond acceptors (Lipinski definition) is 10. The van der Waals surface area contributed by atoms with Crippen molar-refractivity contribution in [2.45, 2.75) is 39.7 Å². The minimum Gasteiger partial charge on any atom is -0.503 e. The van der Waals surface area contributed by atoms with Crippen LogP contribution in [-0.4, -0.2) is 48.1 Å². The fourth-order valence-electron chi connectivity index (χ4n) is 4.77. The van der Waals surface area contributed by atoms with Crippen LogP contribution < -0.4 is 14.4 Å². The Morgan fingerprint density at radius 1 is 1.14 bits per heavy atom. The number of benzene rings is 2. The molecule has 0 spiro atoms. The van der Waals surface area contributed by atoms with E-state index in [1.165, 1.54) is 12.0 Å². The number of fused-ring (bicyclic) bond motifs is 1. The first-order chi connectivity index (χ1) is 20.3. The average molecular weight is 591 g/mol. The number of anilines is 1. The number of aliphatic hydroxyl groups is 1. The largest absolute Gasteiger partial charge is 0.503 e. The molecular formula is C31H30N2O8S. The number of Topliss-reactive ketones (excluding diaryl/α,β-unsaturated/α-hetero) is 1. The quantitative estimate of drug-likeness (QED) is 0.121. The molecule has 10 nitrogen and oxygen atoms in total. The molecular weight excluding hydrogens is 560 g/mol. The standard InChI is InChI=1S/C31H30N2O8S/c1-5-7-14-40-20-12-8-10-18(15-20)24-23(25(34)22-16-19-11-9-13-21(38-4)27(19)41-22)26(35)29(36)33(24)31-32-17(3)28(42-31)30(37)39-6-2/h8-13,15-16,24,35H,5-7,14H2,1-4H3. The maximum atomic E-state index is 14.0. The molecule has 0 bridgehead atoms. The zero-order valence-electron chi connectivity index (χ0n) is 23.6. The molecule has 2 aromatic carbocycles. The van der Waals surface area contributed by atoms with Gasteiger partial charge in [-0.15, -0.1) is 0 Å². The second-order valence-corrected chi connectivity index (χ2v) is 10.5. The molecule has 1 atom stereocenters. The van der Waals surface area contributed by atoms with E-state index < -0.39 is 29.5 Å². The smallest absolute Gasteiger partial charge is 0.350 e. The Bertz CT molecular complexity index is 1700. The van der Waals surface area contributed by atoms with Crippen molar-refractivity contribution in [2.24, 2.45) is 0 Å². The number of aliphatic hydroxyl groups excluding tert-OH is 1. The topological polar surface area (TPSA) is 128 Å². The van der Waals surface area contributed by atoms with Crippen molar-refractivity contribution in [3.8, 4) is 11.5 Å². The van der Waals surface area contributed by atoms with Crippen molar-refractivity contribution in [3.05, 3.63) is 81.8 Å². The number of para-hydroxylation sites is 1. The lowest BCUT2D eigenvalue weighted by molar-refractivity contribution is -0.117. The highest BCUT2D eigenvalue weighted by Crippen LogP contribution is 2.45. The fourth-order valence-corrected chi connectivity index (χ4v) is 5.76. The van der Waals surface area contributed by atoms with Crippen LogP contribution in [0.15, 0.2) is 64.3 Å².